The van der Waals surface area contributed by atoms with E-state index in [2.05, 4.69) is 5.92 Å². The third-order valence-corrected chi connectivity index (χ3v) is 2.10. The Morgan fingerprint density at radius 3 is 2.71 bits per heavy atom. The highest BCUT2D eigenvalue weighted by atomic mass is 16.6. The fourth-order valence-corrected chi connectivity index (χ4v) is 1.28. The monoisotopic (exact) mass is 189 g/mol. The van der Waals surface area contributed by atoms with Crippen molar-refractivity contribution in [2.24, 2.45) is 0 Å². The van der Waals surface area contributed by atoms with Gasteiger partial charge < -0.3 is 0 Å². The number of rotatable bonds is 2. The van der Waals surface area contributed by atoms with Crippen molar-refractivity contribution in [3.05, 3.63) is 39.4 Å². The molecule has 0 amide bonds. The van der Waals surface area contributed by atoms with Crippen molar-refractivity contribution in [2.45, 2.75) is 19.8 Å². The topological polar surface area (TPSA) is 43.1 Å². The van der Waals surface area contributed by atoms with Crippen molar-refractivity contribution in [1.82, 2.24) is 0 Å². The SMILES string of the molecule is C#CC(C)c1cc(C)ccc1[N+](=O)[O-]. The molecule has 0 spiro atoms. The number of hydrogen-bond acceptors (Lipinski definition) is 2. The Bertz CT molecular complexity index is 404. The van der Waals surface area contributed by atoms with Gasteiger partial charge in [0.25, 0.3) is 5.69 Å². The summed E-state index contributed by atoms with van der Waals surface area (Å²) in [5.74, 6) is 2.27. The number of nitrogens with zero attached hydrogens (tertiary/aromatic N) is 1. The molecule has 1 atom stereocenters. The molecule has 0 aliphatic rings. The summed E-state index contributed by atoms with van der Waals surface area (Å²) in [7, 11) is 0. The van der Waals surface area contributed by atoms with E-state index in [1.165, 1.54) is 6.07 Å². The van der Waals surface area contributed by atoms with Gasteiger partial charge in [-0.2, -0.15) is 0 Å². The van der Waals surface area contributed by atoms with Gasteiger partial charge in [0.2, 0.25) is 0 Å². The molecule has 0 heterocycles. The average Bonchev–Trinajstić information content (AvgIpc) is 2.16. The smallest absolute Gasteiger partial charge is 0.258 e. The molecule has 3 nitrogen and oxygen atoms in total. The van der Waals surface area contributed by atoms with Crippen molar-refractivity contribution in [1.29, 1.82) is 0 Å². The van der Waals surface area contributed by atoms with E-state index >= 15 is 0 Å². The van der Waals surface area contributed by atoms with Crippen LogP contribution in [0.25, 0.3) is 0 Å². The van der Waals surface area contributed by atoms with Gasteiger partial charge in [0.05, 0.1) is 4.92 Å². The minimum atomic E-state index is -0.400. The Morgan fingerprint density at radius 2 is 2.21 bits per heavy atom. The summed E-state index contributed by atoms with van der Waals surface area (Å²) in [6.45, 7) is 3.66. The zero-order valence-corrected chi connectivity index (χ0v) is 8.15. The lowest BCUT2D eigenvalue weighted by molar-refractivity contribution is -0.385. The number of benzene rings is 1. The van der Waals surface area contributed by atoms with E-state index in [0.717, 1.165) is 5.56 Å². The van der Waals surface area contributed by atoms with Crippen LogP contribution in [0.15, 0.2) is 18.2 Å². The first-order valence-electron chi connectivity index (χ1n) is 4.27. The van der Waals surface area contributed by atoms with Crippen LogP contribution in [0.3, 0.4) is 0 Å². The summed E-state index contributed by atoms with van der Waals surface area (Å²) in [6, 6.07) is 4.98. The van der Waals surface area contributed by atoms with Gasteiger partial charge in [-0.15, -0.1) is 6.42 Å². The van der Waals surface area contributed by atoms with Gasteiger partial charge in [0, 0.05) is 17.5 Å². The quantitative estimate of drug-likeness (QED) is 0.407. The second kappa shape index (κ2) is 3.93. The molecule has 0 radical (unpaired) electrons. The Kier molecular flexibility index (Phi) is 2.88. The maximum Gasteiger partial charge on any atom is 0.273 e. The molecule has 1 aromatic carbocycles. The molecule has 0 aliphatic carbocycles. The highest BCUT2D eigenvalue weighted by Gasteiger charge is 2.16. The van der Waals surface area contributed by atoms with Crippen molar-refractivity contribution >= 4 is 5.69 Å². The predicted octanol–water partition coefficient (Wildman–Crippen LogP) is 2.64. The molecule has 3 heteroatoms. The second-order valence-electron chi connectivity index (χ2n) is 3.21. The molecule has 72 valence electrons. The summed E-state index contributed by atoms with van der Waals surface area (Å²) in [4.78, 5) is 10.3. The lowest BCUT2D eigenvalue weighted by Gasteiger charge is -2.06. The van der Waals surface area contributed by atoms with Crippen molar-refractivity contribution in [2.75, 3.05) is 0 Å². The third-order valence-electron chi connectivity index (χ3n) is 2.10. The minimum Gasteiger partial charge on any atom is -0.258 e. The van der Waals surface area contributed by atoms with Gasteiger partial charge in [-0.1, -0.05) is 17.6 Å². The Morgan fingerprint density at radius 1 is 1.57 bits per heavy atom. The van der Waals surface area contributed by atoms with E-state index in [1.54, 1.807) is 19.1 Å². The number of hydrogen-bond donors (Lipinski definition) is 0. The molecule has 0 saturated carbocycles. The molecular formula is C11H11NO2. The first kappa shape index (κ1) is 10.3. The number of nitro benzene ring substituents is 1. The van der Waals surface area contributed by atoms with E-state index in [0.29, 0.717) is 5.56 Å². The first-order valence-corrected chi connectivity index (χ1v) is 4.27. The Hall–Kier alpha value is -1.82. The van der Waals surface area contributed by atoms with Crippen LogP contribution in [-0.4, -0.2) is 4.92 Å². The number of terminal acetylenes is 1. The van der Waals surface area contributed by atoms with Crippen molar-refractivity contribution in [3.63, 3.8) is 0 Å². The van der Waals surface area contributed by atoms with Gasteiger partial charge >= 0.3 is 0 Å². The highest BCUT2D eigenvalue weighted by molar-refractivity contribution is 5.46. The number of aryl methyl sites for hydroxylation is 1. The van der Waals surface area contributed by atoms with Crippen LogP contribution in [0.1, 0.15) is 24.0 Å². The Balaban J connectivity index is 3.31. The Labute approximate surface area is 82.9 Å². The molecule has 1 aromatic rings. The van der Waals surface area contributed by atoms with Crippen LogP contribution in [-0.2, 0) is 0 Å². The van der Waals surface area contributed by atoms with E-state index in [-0.39, 0.29) is 11.6 Å². The van der Waals surface area contributed by atoms with Gasteiger partial charge in [0.15, 0.2) is 0 Å². The second-order valence-corrected chi connectivity index (χ2v) is 3.21. The third kappa shape index (κ3) is 1.91. The molecule has 1 rings (SSSR count). The summed E-state index contributed by atoms with van der Waals surface area (Å²) in [5.41, 5.74) is 1.69. The molecular weight excluding hydrogens is 178 g/mol. The summed E-state index contributed by atoms with van der Waals surface area (Å²) in [6.07, 6.45) is 5.25. The largest absolute Gasteiger partial charge is 0.273 e. The van der Waals surface area contributed by atoms with Gasteiger partial charge in [-0.25, -0.2) is 0 Å². The van der Waals surface area contributed by atoms with Crippen LogP contribution in [0.2, 0.25) is 0 Å². The standard InChI is InChI=1S/C11H11NO2/c1-4-9(3)10-7-8(2)5-6-11(10)12(13)14/h1,5-7,9H,2-3H3. The van der Waals surface area contributed by atoms with Gasteiger partial charge in [-0.3, -0.25) is 10.1 Å². The van der Waals surface area contributed by atoms with Crippen molar-refractivity contribution in [3.8, 4) is 12.3 Å². The molecule has 0 fully saturated rings. The van der Waals surface area contributed by atoms with Gasteiger partial charge in [0.1, 0.15) is 0 Å². The molecule has 0 bridgehead atoms. The van der Waals surface area contributed by atoms with E-state index in [9.17, 15) is 10.1 Å². The number of nitro groups is 1. The van der Waals surface area contributed by atoms with Crippen LogP contribution in [0.5, 0.6) is 0 Å². The average molecular weight is 189 g/mol. The van der Waals surface area contributed by atoms with Crippen LogP contribution >= 0.6 is 0 Å². The van der Waals surface area contributed by atoms with E-state index in [4.69, 9.17) is 6.42 Å². The molecule has 0 N–H and O–H groups in total. The summed E-state index contributed by atoms with van der Waals surface area (Å²) >= 11 is 0. The maximum absolute atomic E-state index is 10.7. The molecule has 14 heavy (non-hydrogen) atoms. The highest BCUT2D eigenvalue weighted by Crippen LogP contribution is 2.26. The predicted molar refractivity (Wildman–Crippen MR) is 55.1 cm³/mol. The fourth-order valence-electron chi connectivity index (χ4n) is 1.28. The molecule has 0 saturated heterocycles. The van der Waals surface area contributed by atoms with E-state index in [1.807, 2.05) is 6.92 Å². The zero-order chi connectivity index (χ0) is 10.7. The lowest BCUT2D eigenvalue weighted by Crippen LogP contribution is -1.98. The van der Waals surface area contributed by atoms with E-state index < -0.39 is 4.92 Å². The molecule has 0 aromatic heterocycles. The summed E-state index contributed by atoms with van der Waals surface area (Å²) < 4.78 is 0. The van der Waals surface area contributed by atoms with Crippen LogP contribution in [0.4, 0.5) is 5.69 Å². The minimum absolute atomic E-state index is 0.0982. The molecule has 0 aliphatic heterocycles. The fraction of sp³-hybridized carbons (Fsp3) is 0.273. The molecule has 1 unspecified atom stereocenters. The normalized spacial score (nSPS) is 11.8. The van der Waals surface area contributed by atoms with Crippen LogP contribution < -0.4 is 0 Å². The summed E-state index contributed by atoms with van der Waals surface area (Å²) in [5, 5.41) is 10.7. The zero-order valence-electron chi connectivity index (χ0n) is 8.15. The maximum atomic E-state index is 10.7. The van der Waals surface area contributed by atoms with Gasteiger partial charge in [-0.05, 0) is 19.9 Å². The first-order chi connectivity index (χ1) is 6.56. The lowest BCUT2D eigenvalue weighted by atomic mass is 9.98. The van der Waals surface area contributed by atoms with Crippen LogP contribution in [0, 0.1) is 29.4 Å². The van der Waals surface area contributed by atoms with Crippen molar-refractivity contribution < 1.29 is 4.92 Å².